The van der Waals surface area contributed by atoms with E-state index in [9.17, 15) is 10.1 Å². The van der Waals surface area contributed by atoms with E-state index in [4.69, 9.17) is 37.8 Å². The maximum absolute atomic E-state index is 12.4. The Bertz CT molecular complexity index is 1500. The summed E-state index contributed by atoms with van der Waals surface area (Å²) >= 11 is 6.67. The summed E-state index contributed by atoms with van der Waals surface area (Å²) in [6.45, 7) is 1.79. The number of nitrogens with one attached hydrogen (secondary N) is 3. The van der Waals surface area contributed by atoms with Crippen LogP contribution in [0, 0.1) is 22.8 Å². The highest BCUT2D eigenvalue weighted by molar-refractivity contribution is 6.31. The minimum atomic E-state index is -0.885. The number of nitrogens with zero attached hydrogens (tertiary/aromatic N) is 4. The Morgan fingerprint density at radius 1 is 1.18 bits per heavy atom. The topological polar surface area (TPSA) is 196 Å². The lowest BCUT2D eigenvalue weighted by molar-refractivity contribution is -0.118. The molecule has 1 aliphatic rings. The number of aromatic nitrogens is 1. The highest BCUT2D eigenvalue weighted by Crippen LogP contribution is 2.45. The Labute approximate surface area is 222 Å². The average Bonchev–Trinajstić information content (AvgIpc) is 2.89. The second kappa shape index (κ2) is 11.2. The van der Waals surface area contributed by atoms with Crippen molar-refractivity contribution in [3.05, 3.63) is 64.2 Å². The highest BCUT2D eigenvalue weighted by Gasteiger charge is 2.32. The first kappa shape index (κ1) is 25.9. The first-order chi connectivity index (χ1) is 18.4. The minimum Gasteiger partial charge on any atom is -0.490 e. The third-order valence-corrected chi connectivity index (χ3v) is 5.76. The Hall–Kier alpha value is -5.20. The number of fused-ring (bicyclic) bond motifs is 1. The molecule has 2 aromatic carbocycles. The first-order valence-corrected chi connectivity index (χ1v) is 11.7. The molecule has 1 aromatic heterocycles. The smallest absolute Gasteiger partial charge is 0.262 e. The molecule has 0 radical (unpaired) electrons. The fourth-order valence-corrected chi connectivity index (χ4v) is 4.07. The molecule has 0 saturated carbocycles. The third kappa shape index (κ3) is 5.31. The van der Waals surface area contributed by atoms with Gasteiger partial charge in [-0.15, -0.1) is 0 Å². The van der Waals surface area contributed by atoms with Crippen molar-refractivity contribution in [2.24, 2.45) is 4.99 Å². The van der Waals surface area contributed by atoms with Crippen molar-refractivity contribution in [3.8, 4) is 23.8 Å². The number of nitriles is 2. The van der Waals surface area contributed by atoms with Gasteiger partial charge in [0.2, 0.25) is 5.96 Å². The summed E-state index contributed by atoms with van der Waals surface area (Å²) in [6.07, 6.45) is 1.79. The lowest BCUT2D eigenvalue weighted by Crippen LogP contribution is -2.32. The van der Waals surface area contributed by atoms with Crippen molar-refractivity contribution < 1.29 is 14.3 Å². The number of carbonyl (C=O) groups excluding carboxylic acids is 1. The van der Waals surface area contributed by atoms with Gasteiger partial charge in [-0.2, -0.15) is 10.5 Å². The van der Waals surface area contributed by atoms with E-state index in [0.717, 1.165) is 0 Å². The van der Waals surface area contributed by atoms with Gasteiger partial charge in [0.15, 0.2) is 24.3 Å². The van der Waals surface area contributed by atoms with Gasteiger partial charge in [0, 0.05) is 22.9 Å². The molecule has 38 heavy (non-hydrogen) atoms. The van der Waals surface area contributed by atoms with Crippen LogP contribution in [0.1, 0.15) is 29.7 Å². The molecule has 12 nitrogen and oxygen atoms in total. The molecule has 1 aliphatic heterocycles. The zero-order valence-electron chi connectivity index (χ0n) is 20.1. The number of carbonyl (C=O) groups is 1. The van der Waals surface area contributed by atoms with E-state index in [1.54, 1.807) is 43.4 Å². The van der Waals surface area contributed by atoms with Crippen LogP contribution in [-0.2, 0) is 4.79 Å². The summed E-state index contributed by atoms with van der Waals surface area (Å²) in [7, 11) is 0. The molecule has 0 spiro atoms. The number of halogens is 1. The van der Waals surface area contributed by atoms with Crippen molar-refractivity contribution >= 4 is 46.5 Å². The number of benzene rings is 2. The summed E-state index contributed by atoms with van der Waals surface area (Å²) in [6, 6.07) is 13.1. The van der Waals surface area contributed by atoms with Gasteiger partial charge in [0.25, 0.3) is 5.91 Å². The van der Waals surface area contributed by atoms with Crippen LogP contribution in [0.25, 0.3) is 0 Å². The minimum absolute atomic E-state index is 0.00650. The van der Waals surface area contributed by atoms with E-state index in [0.29, 0.717) is 29.2 Å². The maximum atomic E-state index is 12.4. The Morgan fingerprint density at radius 2 is 1.92 bits per heavy atom. The molecule has 13 heteroatoms. The van der Waals surface area contributed by atoms with Crippen LogP contribution in [0.2, 0.25) is 5.02 Å². The molecule has 0 aliphatic carbocycles. The van der Waals surface area contributed by atoms with Crippen LogP contribution in [0.3, 0.4) is 0 Å². The molecule has 3 aromatic rings. The van der Waals surface area contributed by atoms with Crippen LogP contribution < -0.4 is 36.9 Å². The summed E-state index contributed by atoms with van der Waals surface area (Å²) in [5.74, 6) is 0.372. The van der Waals surface area contributed by atoms with Crippen molar-refractivity contribution in [1.82, 2.24) is 10.3 Å². The molecule has 1 amide bonds. The molecular formula is C25H22ClN9O3. The fraction of sp³-hybridized carbons (Fsp3) is 0.160. The van der Waals surface area contributed by atoms with Gasteiger partial charge in [0.05, 0.1) is 17.3 Å². The van der Waals surface area contributed by atoms with Crippen LogP contribution in [-0.4, -0.2) is 30.1 Å². The number of amides is 1. The lowest BCUT2D eigenvalue weighted by Gasteiger charge is -2.27. The van der Waals surface area contributed by atoms with Gasteiger partial charge < -0.3 is 31.6 Å². The van der Waals surface area contributed by atoms with Crippen LogP contribution in [0.15, 0.2) is 47.5 Å². The molecule has 7 N–H and O–H groups in total. The van der Waals surface area contributed by atoms with Crippen LogP contribution in [0.4, 0.5) is 23.0 Å². The standard InChI is InChI=1S/C25H22ClN9O3/c1-2-37-17-8-14(16(26)9-18(17)38-11-19(36)32-13-6-4-3-5-7-13)22-20-21(29)15(10-27)23(30)34-24(20)35-25(33-22)31-12-28/h3-9,22H,2,11H2,1H3,(H,32,36)(H6,29,30,31,33,34,35). The number of nitrogen functional groups attached to an aromatic ring is 2. The number of hydrogen-bond donors (Lipinski definition) is 5. The van der Waals surface area contributed by atoms with E-state index in [1.807, 2.05) is 12.1 Å². The number of nitrogens with two attached hydrogens (primary N) is 2. The van der Waals surface area contributed by atoms with E-state index >= 15 is 0 Å². The van der Waals surface area contributed by atoms with Gasteiger partial charge in [0.1, 0.15) is 29.3 Å². The summed E-state index contributed by atoms with van der Waals surface area (Å²) in [5.41, 5.74) is 13.7. The molecular weight excluding hydrogens is 510 g/mol. The van der Waals surface area contributed by atoms with Gasteiger partial charge in [-0.1, -0.05) is 29.8 Å². The van der Waals surface area contributed by atoms with Crippen molar-refractivity contribution in [2.45, 2.75) is 13.0 Å². The first-order valence-electron chi connectivity index (χ1n) is 11.3. The van der Waals surface area contributed by atoms with Gasteiger partial charge >= 0.3 is 0 Å². The Kier molecular flexibility index (Phi) is 7.66. The zero-order chi connectivity index (χ0) is 27.2. The van der Waals surface area contributed by atoms with Crippen molar-refractivity contribution in [1.29, 1.82) is 10.5 Å². The zero-order valence-corrected chi connectivity index (χ0v) is 20.8. The highest BCUT2D eigenvalue weighted by atomic mass is 35.5. The molecule has 192 valence electrons. The fourth-order valence-electron chi connectivity index (χ4n) is 3.81. The number of aliphatic imine (C=N–C) groups is 1. The van der Waals surface area contributed by atoms with Crippen LogP contribution >= 0.6 is 11.6 Å². The number of para-hydroxylation sites is 1. The number of guanidine groups is 1. The SMILES string of the molecule is CCOc1cc(C2N=C(NC#N)Nc3nc(N)c(C#N)c(N)c32)c(Cl)cc1OCC(=O)Nc1ccccc1. The quantitative estimate of drug-likeness (QED) is 0.223. The monoisotopic (exact) mass is 531 g/mol. The number of ether oxygens (including phenoxy) is 2. The molecule has 2 heterocycles. The van der Waals surface area contributed by atoms with E-state index in [-0.39, 0.29) is 52.1 Å². The molecule has 0 saturated heterocycles. The Balaban J connectivity index is 1.71. The van der Waals surface area contributed by atoms with Crippen molar-refractivity contribution in [2.75, 3.05) is 35.3 Å². The Morgan fingerprint density at radius 3 is 2.61 bits per heavy atom. The average molecular weight is 532 g/mol. The largest absolute Gasteiger partial charge is 0.490 e. The number of hydrogen-bond acceptors (Lipinski definition) is 11. The number of pyridine rings is 1. The predicted octanol–water partition coefficient (Wildman–Crippen LogP) is 3.13. The second-order valence-electron chi connectivity index (χ2n) is 7.86. The third-order valence-electron chi connectivity index (χ3n) is 5.43. The van der Waals surface area contributed by atoms with E-state index in [2.05, 4.69) is 25.9 Å². The number of rotatable bonds is 7. The van der Waals surface area contributed by atoms with Gasteiger partial charge in [-0.25, -0.2) is 9.98 Å². The summed E-state index contributed by atoms with van der Waals surface area (Å²) in [5, 5.41) is 26.9. The van der Waals surface area contributed by atoms with Crippen LogP contribution in [0.5, 0.6) is 11.5 Å². The molecule has 0 fully saturated rings. The molecule has 4 rings (SSSR count). The normalized spacial score (nSPS) is 13.6. The molecule has 0 bridgehead atoms. The van der Waals surface area contributed by atoms with Crippen molar-refractivity contribution in [3.63, 3.8) is 0 Å². The summed E-state index contributed by atoms with van der Waals surface area (Å²) in [4.78, 5) is 21.1. The predicted molar refractivity (Wildman–Crippen MR) is 143 cm³/mol. The lowest BCUT2D eigenvalue weighted by atomic mass is 9.94. The van der Waals surface area contributed by atoms with Gasteiger partial charge in [-0.05, 0) is 25.1 Å². The number of anilines is 4. The molecule has 1 atom stereocenters. The van der Waals surface area contributed by atoms with E-state index < -0.39 is 6.04 Å². The van der Waals surface area contributed by atoms with E-state index in [1.165, 1.54) is 6.07 Å². The summed E-state index contributed by atoms with van der Waals surface area (Å²) < 4.78 is 11.5. The second-order valence-corrected chi connectivity index (χ2v) is 8.27. The molecule has 1 unspecified atom stereocenters. The van der Waals surface area contributed by atoms with Gasteiger partial charge in [-0.3, -0.25) is 10.1 Å². The maximum Gasteiger partial charge on any atom is 0.262 e.